The normalized spacial score (nSPS) is 21.8. The maximum Gasteiger partial charge on any atom is 0.311 e. The number of benzene rings is 1. The van der Waals surface area contributed by atoms with Gasteiger partial charge < -0.3 is 10.1 Å². The van der Waals surface area contributed by atoms with Gasteiger partial charge in [0.05, 0.1) is 11.5 Å². The highest BCUT2D eigenvalue weighted by Gasteiger charge is 2.21. The quantitative estimate of drug-likeness (QED) is 0.624. The molecule has 0 aromatic heterocycles. The van der Waals surface area contributed by atoms with Crippen LogP contribution in [0.1, 0.15) is 46.0 Å². The molecule has 0 heterocycles. The Bertz CT molecular complexity index is 490. The molecule has 2 atom stereocenters. The number of anilines is 1. The molecule has 0 amide bonds. The van der Waals surface area contributed by atoms with E-state index in [1.54, 1.807) is 12.1 Å². The van der Waals surface area contributed by atoms with Crippen LogP contribution < -0.4 is 10.1 Å². The Labute approximate surface area is 125 Å². The fraction of sp³-hybridized carbons (Fsp3) is 0.625. The summed E-state index contributed by atoms with van der Waals surface area (Å²) in [6.07, 6.45) is 6.14. The fourth-order valence-electron chi connectivity index (χ4n) is 3.05. The number of nitro groups is 1. The van der Waals surface area contributed by atoms with E-state index in [1.807, 2.05) is 6.92 Å². The van der Waals surface area contributed by atoms with Gasteiger partial charge in [0, 0.05) is 23.9 Å². The summed E-state index contributed by atoms with van der Waals surface area (Å²) in [7, 11) is 0. The Morgan fingerprint density at radius 3 is 2.86 bits per heavy atom. The van der Waals surface area contributed by atoms with Crippen molar-refractivity contribution in [2.75, 3.05) is 11.9 Å². The van der Waals surface area contributed by atoms with E-state index in [0.717, 1.165) is 18.0 Å². The molecule has 1 N–H and O–H groups in total. The van der Waals surface area contributed by atoms with Crippen LogP contribution in [0.4, 0.5) is 11.4 Å². The average Bonchev–Trinajstić information content (AvgIpc) is 2.48. The van der Waals surface area contributed by atoms with Crippen LogP contribution in [0.2, 0.25) is 0 Å². The number of nitrogens with zero attached hydrogens (tertiary/aromatic N) is 1. The molecule has 0 bridgehead atoms. The van der Waals surface area contributed by atoms with E-state index >= 15 is 0 Å². The zero-order valence-electron chi connectivity index (χ0n) is 12.8. The lowest BCUT2D eigenvalue weighted by Crippen LogP contribution is -2.27. The molecular weight excluding hydrogens is 268 g/mol. The van der Waals surface area contributed by atoms with Crippen LogP contribution in [0.15, 0.2) is 18.2 Å². The molecule has 5 nitrogen and oxygen atoms in total. The van der Waals surface area contributed by atoms with Crippen LogP contribution in [0.3, 0.4) is 0 Å². The van der Waals surface area contributed by atoms with E-state index < -0.39 is 4.92 Å². The average molecular weight is 292 g/mol. The highest BCUT2D eigenvalue weighted by Crippen LogP contribution is 2.33. The lowest BCUT2D eigenvalue weighted by molar-refractivity contribution is -0.385. The molecule has 0 spiro atoms. The van der Waals surface area contributed by atoms with E-state index in [4.69, 9.17) is 4.74 Å². The van der Waals surface area contributed by atoms with Gasteiger partial charge in [-0.25, -0.2) is 0 Å². The monoisotopic (exact) mass is 292 g/mol. The Kier molecular flexibility index (Phi) is 5.42. The topological polar surface area (TPSA) is 64.4 Å². The second kappa shape index (κ2) is 7.29. The van der Waals surface area contributed by atoms with E-state index in [-0.39, 0.29) is 5.69 Å². The number of nitro benzene ring substituents is 1. The summed E-state index contributed by atoms with van der Waals surface area (Å²) in [6, 6.07) is 5.50. The number of ether oxygens (including phenoxy) is 1. The molecule has 1 fully saturated rings. The third kappa shape index (κ3) is 4.09. The Hall–Kier alpha value is -1.78. The van der Waals surface area contributed by atoms with Crippen molar-refractivity contribution in [3.63, 3.8) is 0 Å². The first-order chi connectivity index (χ1) is 10.1. The van der Waals surface area contributed by atoms with Crippen molar-refractivity contribution in [3.05, 3.63) is 28.3 Å². The Morgan fingerprint density at radius 2 is 2.19 bits per heavy atom. The summed E-state index contributed by atoms with van der Waals surface area (Å²) in [5, 5.41) is 14.5. The van der Waals surface area contributed by atoms with Crippen molar-refractivity contribution in [2.24, 2.45) is 5.92 Å². The molecule has 2 unspecified atom stereocenters. The van der Waals surface area contributed by atoms with Gasteiger partial charge in [-0.2, -0.15) is 0 Å². The highest BCUT2D eigenvalue weighted by atomic mass is 16.6. The van der Waals surface area contributed by atoms with Crippen LogP contribution in [0, 0.1) is 16.0 Å². The molecule has 116 valence electrons. The van der Waals surface area contributed by atoms with E-state index in [1.165, 1.54) is 31.7 Å². The maximum atomic E-state index is 11.0. The van der Waals surface area contributed by atoms with Gasteiger partial charge in [-0.05, 0) is 31.7 Å². The van der Waals surface area contributed by atoms with E-state index in [2.05, 4.69) is 12.2 Å². The van der Waals surface area contributed by atoms with Crippen molar-refractivity contribution in [1.82, 2.24) is 0 Å². The lowest BCUT2D eigenvalue weighted by Gasteiger charge is -2.29. The van der Waals surface area contributed by atoms with Crippen molar-refractivity contribution < 1.29 is 9.66 Å². The first-order valence-electron chi connectivity index (χ1n) is 7.81. The number of rotatable bonds is 6. The lowest BCUT2D eigenvalue weighted by atomic mass is 9.84. The first kappa shape index (κ1) is 15.6. The van der Waals surface area contributed by atoms with Gasteiger partial charge in [-0.15, -0.1) is 0 Å². The molecule has 1 aliphatic rings. The van der Waals surface area contributed by atoms with E-state index in [0.29, 0.717) is 18.4 Å². The standard InChI is InChI=1S/C16H24N2O3/c1-3-12-6-5-7-13(10-12)17-14-8-9-15(18(19)20)16(11-14)21-4-2/h8-9,11-13,17H,3-7,10H2,1-2H3. The molecular formula is C16H24N2O3. The first-order valence-corrected chi connectivity index (χ1v) is 7.81. The Balaban J connectivity index is 2.09. The second-order valence-electron chi connectivity index (χ2n) is 5.65. The molecule has 1 aliphatic carbocycles. The number of nitrogens with one attached hydrogen (secondary N) is 1. The van der Waals surface area contributed by atoms with Gasteiger partial charge in [0.25, 0.3) is 0 Å². The van der Waals surface area contributed by atoms with Crippen LogP contribution >= 0.6 is 0 Å². The SMILES string of the molecule is CCOc1cc(NC2CCCC(CC)C2)ccc1[N+](=O)[O-]. The molecule has 0 radical (unpaired) electrons. The summed E-state index contributed by atoms with van der Waals surface area (Å²) in [5.41, 5.74) is 0.934. The van der Waals surface area contributed by atoms with Crippen LogP contribution in [-0.2, 0) is 0 Å². The number of hydrogen-bond acceptors (Lipinski definition) is 4. The predicted molar refractivity (Wildman–Crippen MR) is 83.9 cm³/mol. The van der Waals surface area contributed by atoms with Crippen molar-refractivity contribution in [1.29, 1.82) is 0 Å². The Morgan fingerprint density at radius 1 is 1.38 bits per heavy atom. The van der Waals surface area contributed by atoms with Gasteiger partial charge in [0.1, 0.15) is 0 Å². The molecule has 5 heteroatoms. The predicted octanol–water partition coefficient (Wildman–Crippen LogP) is 4.37. The minimum atomic E-state index is -0.400. The van der Waals surface area contributed by atoms with Crippen molar-refractivity contribution >= 4 is 11.4 Å². The van der Waals surface area contributed by atoms with E-state index in [9.17, 15) is 10.1 Å². The van der Waals surface area contributed by atoms with Gasteiger partial charge >= 0.3 is 5.69 Å². The van der Waals surface area contributed by atoms with Gasteiger partial charge in [-0.3, -0.25) is 10.1 Å². The fourth-order valence-corrected chi connectivity index (χ4v) is 3.05. The van der Waals surface area contributed by atoms with Gasteiger partial charge in [-0.1, -0.05) is 26.2 Å². The largest absolute Gasteiger partial charge is 0.487 e. The summed E-state index contributed by atoms with van der Waals surface area (Å²) >= 11 is 0. The van der Waals surface area contributed by atoms with Gasteiger partial charge in [0.2, 0.25) is 0 Å². The molecule has 0 aliphatic heterocycles. The molecule has 21 heavy (non-hydrogen) atoms. The summed E-state index contributed by atoms with van der Waals surface area (Å²) in [6.45, 7) is 4.49. The second-order valence-corrected chi connectivity index (χ2v) is 5.65. The summed E-state index contributed by atoms with van der Waals surface area (Å²) in [4.78, 5) is 10.6. The molecule has 0 saturated heterocycles. The van der Waals surface area contributed by atoms with Gasteiger partial charge in [0.15, 0.2) is 5.75 Å². The minimum absolute atomic E-state index is 0.0254. The summed E-state index contributed by atoms with van der Waals surface area (Å²) < 4.78 is 5.39. The molecule has 1 aromatic rings. The third-order valence-electron chi connectivity index (χ3n) is 4.19. The highest BCUT2D eigenvalue weighted by molar-refractivity contribution is 5.58. The zero-order valence-corrected chi connectivity index (χ0v) is 12.8. The van der Waals surface area contributed by atoms with Crippen molar-refractivity contribution in [3.8, 4) is 5.75 Å². The van der Waals surface area contributed by atoms with Crippen LogP contribution in [0.5, 0.6) is 5.75 Å². The smallest absolute Gasteiger partial charge is 0.311 e. The number of hydrogen-bond donors (Lipinski definition) is 1. The maximum absolute atomic E-state index is 11.0. The summed E-state index contributed by atoms with van der Waals surface area (Å²) in [5.74, 6) is 1.14. The van der Waals surface area contributed by atoms with Crippen molar-refractivity contribution in [2.45, 2.75) is 52.0 Å². The minimum Gasteiger partial charge on any atom is -0.487 e. The van der Waals surface area contributed by atoms with Crippen LogP contribution in [-0.4, -0.2) is 17.6 Å². The molecule has 2 rings (SSSR count). The third-order valence-corrected chi connectivity index (χ3v) is 4.19. The molecule has 1 aromatic carbocycles. The zero-order chi connectivity index (χ0) is 15.2. The van der Waals surface area contributed by atoms with Crippen LogP contribution in [0.25, 0.3) is 0 Å². The molecule has 1 saturated carbocycles.